The lowest BCUT2D eigenvalue weighted by molar-refractivity contribution is -0.254. The van der Waals surface area contributed by atoms with Gasteiger partial charge in [0.25, 0.3) is 0 Å². The van der Waals surface area contributed by atoms with Gasteiger partial charge >= 0.3 is 5.97 Å². The van der Waals surface area contributed by atoms with Gasteiger partial charge in [0.1, 0.15) is 50.0 Å². The summed E-state index contributed by atoms with van der Waals surface area (Å²) in [6.45, 7) is 3.84. The summed E-state index contributed by atoms with van der Waals surface area (Å²) in [4.78, 5) is 13.4. The molecular formula is C31H32O12. The highest BCUT2D eigenvalue weighted by atomic mass is 16.8. The van der Waals surface area contributed by atoms with Crippen LogP contribution in [0, 0.1) is 0 Å². The minimum atomic E-state index is -1.28. The maximum atomic E-state index is 13.4. The molecule has 2 saturated heterocycles. The van der Waals surface area contributed by atoms with Crippen molar-refractivity contribution < 1.29 is 57.6 Å². The Hall–Kier alpha value is -3.81. The molecule has 12 nitrogen and oxygen atoms in total. The first-order chi connectivity index (χ1) is 20.7. The van der Waals surface area contributed by atoms with Crippen LogP contribution >= 0.6 is 0 Å². The second kappa shape index (κ2) is 10.4. The predicted molar refractivity (Wildman–Crippen MR) is 149 cm³/mol. The van der Waals surface area contributed by atoms with Crippen molar-refractivity contribution >= 4 is 16.7 Å². The van der Waals surface area contributed by atoms with Crippen molar-refractivity contribution in [3.8, 4) is 39.9 Å². The highest BCUT2D eigenvalue weighted by Gasteiger charge is 2.55. The predicted octanol–water partition coefficient (Wildman–Crippen LogP) is 2.94. The van der Waals surface area contributed by atoms with Crippen molar-refractivity contribution in [1.29, 1.82) is 0 Å². The molecule has 5 unspecified atom stereocenters. The number of aliphatic hydroxyl groups excluding tert-OH is 2. The SMILES string of the molecule is COc1cc2c(OC3OC(CO)C4OC(C)(C)OC4C3O)c3c(c(-c4ccc5c(c4)OCCO5)c2cc1OC)C(=O)OC3. The largest absolute Gasteiger partial charge is 0.493 e. The van der Waals surface area contributed by atoms with E-state index in [1.807, 2.05) is 12.1 Å². The molecule has 0 spiro atoms. The van der Waals surface area contributed by atoms with E-state index in [2.05, 4.69) is 0 Å². The van der Waals surface area contributed by atoms with Gasteiger partial charge in [0.15, 0.2) is 28.8 Å². The van der Waals surface area contributed by atoms with Crippen molar-refractivity contribution in [2.75, 3.05) is 34.0 Å². The molecule has 12 heteroatoms. The molecule has 0 aromatic heterocycles. The van der Waals surface area contributed by atoms with E-state index in [-0.39, 0.29) is 19.0 Å². The molecule has 0 amide bonds. The molecule has 43 heavy (non-hydrogen) atoms. The van der Waals surface area contributed by atoms with Crippen LogP contribution in [-0.4, -0.2) is 86.7 Å². The molecule has 7 rings (SSSR count). The Morgan fingerprint density at radius 3 is 2.33 bits per heavy atom. The number of cyclic esters (lactones) is 1. The number of carbonyl (C=O) groups excluding carboxylic acids is 1. The maximum absolute atomic E-state index is 13.4. The summed E-state index contributed by atoms with van der Waals surface area (Å²) >= 11 is 0. The quantitative estimate of drug-likeness (QED) is 0.404. The molecule has 2 fully saturated rings. The van der Waals surface area contributed by atoms with Crippen LogP contribution in [0.15, 0.2) is 30.3 Å². The number of hydrogen-bond donors (Lipinski definition) is 2. The third-order valence-electron chi connectivity index (χ3n) is 8.11. The van der Waals surface area contributed by atoms with Crippen molar-refractivity contribution in [1.82, 2.24) is 0 Å². The van der Waals surface area contributed by atoms with Crippen LogP contribution in [0.5, 0.6) is 28.7 Å². The first-order valence-electron chi connectivity index (χ1n) is 14.0. The monoisotopic (exact) mass is 596 g/mol. The molecule has 0 bridgehead atoms. The molecule has 0 saturated carbocycles. The summed E-state index contributed by atoms with van der Waals surface area (Å²) in [7, 11) is 3.04. The zero-order chi connectivity index (χ0) is 30.0. The van der Waals surface area contributed by atoms with Crippen molar-refractivity contribution in [3.63, 3.8) is 0 Å². The van der Waals surface area contributed by atoms with Gasteiger partial charge in [0.2, 0.25) is 6.29 Å². The van der Waals surface area contributed by atoms with Gasteiger partial charge in [0.05, 0.1) is 26.4 Å². The molecule has 3 aromatic rings. The topological polar surface area (TPSA) is 141 Å². The Bertz CT molecular complexity index is 1600. The van der Waals surface area contributed by atoms with Crippen LogP contribution in [0.3, 0.4) is 0 Å². The van der Waals surface area contributed by atoms with E-state index in [0.29, 0.717) is 69.2 Å². The van der Waals surface area contributed by atoms with E-state index in [4.69, 9.17) is 42.6 Å². The third-order valence-corrected chi connectivity index (χ3v) is 8.11. The van der Waals surface area contributed by atoms with E-state index in [1.54, 1.807) is 32.0 Å². The summed E-state index contributed by atoms with van der Waals surface area (Å²) < 4.78 is 52.7. The first kappa shape index (κ1) is 28.0. The van der Waals surface area contributed by atoms with Gasteiger partial charge in [0, 0.05) is 16.5 Å². The highest BCUT2D eigenvalue weighted by molar-refractivity contribution is 6.14. The number of esters is 1. The van der Waals surface area contributed by atoms with E-state index in [1.165, 1.54) is 14.2 Å². The van der Waals surface area contributed by atoms with E-state index < -0.39 is 42.5 Å². The second-order valence-corrected chi connectivity index (χ2v) is 11.1. The van der Waals surface area contributed by atoms with Crippen LogP contribution in [0.2, 0.25) is 0 Å². The Balaban J connectivity index is 1.41. The zero-order valence-electron chi connectivity index (χ0n) is 24.1. The molecule has 4 aliphatic heterocycles. The maximum Gasteiger partial charge on any atom is 0.339 e. The summed E-state index contributed by atoms with van der Waals surface area (Å²) in [5, 5.41) is 22.6. The van der Waals surface area contributed by atoms with Gasteiger partial charge in [-0.1, -0.05) is 6.07 Å². The standard InChI is InChI=1S/C31H32O12/c1-31(2)42-27-22(12-32)40-30(25(33)28(27)43-31)41-26-16-11-20(36-4)19(35-3)10-15(16)23(24-17(26)13-39-29(24)34)14-5-6-18-21(9-14)38-8-7-37-18/h5-6,9-11,22,25,27-28,30,32-33H,7-8,12-13H2,1-4H3. The third kappa shape index (κ3) is 4.52. The summed E-state index contributed by atoms with van der Waals surface area (Å²) in [5.41, 5.74) is 2.05. The zero-order valence-corrected chi connectivity index (χ0v) is 24.1. The summed E-state index contributed by atoms with van der Waals surface area (Å²) in [6.07, 6.45) is -4.91. The van der Waals surface area contributed by atoms with Gasteiger partial charge in [-0.3, -0.25) is 0 Å². The fourth-order valence-corrected chi connectivity index (χ4v) is 6.26. The molecule has 0 aliphatic carbocycles. The normalized spacial score (nSPS) is 26.9. The lowest BCUT2D eigenvalue weighted by Gasteiger charge is -2.39. The minimum absolute atomic E-state index is 0.0731. The Labute approximate surface area is 246 Å². The average molecular weight is 597 g/mol. The molecule has 0 radical (unpaired) electrons. The van der Waals surface area contributed by atoms with Gasteiger partial charge < -0.3 is 52.8 Å². The Morgan fingerprint density at radius 1 is 0.907 bits per heavy atom. The molecular weight excluding hydrogens is 564 g/mol. The number of hydrogen-bond acceptors (Lipinski definition) is 12. The van der Waals surface area contributed by atoms with Crippen LogP contribution in [-0.2, 0) is 25.6 Å². The fourth-order valence-electron chi connectivity index (χ4n) is 6.26. The van der Waals surface area contributed by atoms with Gasteiger partial charge in [-0.05, 0) is 49.1 Å². The first-order valence-corrected chi connectivity index (χ1v) is 14.0. The average Bonchev–Trinajstić information content (AvgIpc) is 3.56. The van der Waals surface area contributed by atoms with Crippen LogP contribution < -0.4 is 23.7 Å². The van der Waals surface area contributed by atoms with Crippen LogP contribution in [0.1, 0.15) is 29.8 Å². The van der Waals surface area contributed by atoms with Gasteiger partial charge in [-0.25, -0.2) is 4.79 Å². The van der Waals surface area contributed by atoms with E-state index in [0.717, 1.165) is 0 Å². The molecule has 5 atom stereocenters. The van der Waals surface area contributed by atoms with E-state index >= 15 is 0 Å². The Morgan fingerprint density at radius 2 is 1.60 bits per heavy atom. The number of fused-ring (bicyclic) bond motifs is 4. The number of benzene rings is 3. The number of carbonyl (C=O) groups is 1. The Kier molecular flexibility index (Phi) is 6.78. The number of rotatable bonds is 6. The highest BCUT2D eigenvalue weighted by Crippen LogP contribution is 2.50. The number of ether oxygens (including phenoxy) is 9. The summed E-state index contributed by atoms with van der Waals surface area (Å²) in [6, 6.07) is 8.99. The van der Waals surface area contributed by atoms with Crippen molar-refractivity contribution in [3.05, 3.63) is 41.5 Å². The molecule has 4 heterocycles. The van der Waals surface area contributed by atoms with Gasteiger partial charge in [-0.15, -0.1) is 0 Å². The lowest BCUT2D eigenvalue weighted by atomic mass is 9.89. The molecule has 228 valence electrons. The van der Waals surface area contributed by atoms with Crippen LogP contribution in [0.4, 0.5) is 0 Å². The summed E-state index contributed by atoms with van der Waals surface area (Å²) in [5.74, 6) is 0.755. The van der Waals surface area contributed by atoms with Crippen molar-refractivity contribution in [2.45, 2.75) is 56.9 Å². The fraction of sp³-hybridized carbons (Fsp3) is 0.452. The smallest absolute Gasteiger partial charge is 0.339 e. The van der Waals surface area contributed by atoms with Crippen LogP contribution in [0.25, 0.3) is 21.9 Å². The number of aliphatic hydroxyl groups is 2. The number of methoxy groups -OCH3 is 2. The van der Waals surface area contributed by atoms with E-state index in [9.17, 15) is 15.0 Å². The van der Waals surface area contributed by atoms with Gasteiger partial charge in [-0.2, -0.15) is 0 Å². The molecule has 2 N–H and O–H groups in total. The second-order valence-electron chi connectivity index (χ2n) is 11.1. The van der Waals surface area contributed by atoms with Crippen molar-refractivity contribution in [2.24, 2.45) is 0 Å². The minimum Gasteiger partial charge on any atom is -0.493 e. The molecule has 4 aliphatic rings. The lowest BCUT2D eigenvalue weighted by Crippen LogP contribution is -2.58. The molecule has 3 aromatic carbocycles.